The van der Waals surface area contributed by atoms with E-state index in [-0.39, 0.29) is 25.9 Å². The maximum absolute atomic E-state index is 12.8. The Balaban J connectivity index is 1.15. The van der Waals surface area contributed by atoms with Crippen LogP contribution >= 0.6 is 0 Å². The second-order valence-corrected chi connectivity index (χ2v) is 11.4. The lowest BCUT2D eigenvalue weighted by molar-refractivity contribution is -0.162. The molecule has 3 aliphatic heterocycles. The van der Waals surface area contributed by atoms with Gasteiger partial charge in [0.1, 0.15) is 36.4 Å². The summed E-state index contributed by atoms with van der Waals surface area (Å²) in [4.78, 5) is 66.3. The lowest BCUT2D eigenvalue weighted by atomic mass is 10.1. The summed E-state index contributed by atoms with van der Waals surface area (Å²) >= 11 is 0. The molecule has 8 atom stereocenters. The van der Waals surface area contributed by atoms with Gasteiger partial charge in [0.2, 0.25) is 0 Å². The Morgan fingerprint density at radius 3 is 2.22 bits per heavy atom. The Labute approximate surface area is 260 Å². The third-order valence-corrected chi connectivity index (χ3v) is 8.21. The molecule has 16 heteroatoms. The van der Waals surface area contributed by atoms with Gasteiger partial charge in [-0.1, -0.05) is 18.2 Å². The summed E-state index contributed by atoms with van der Waals surface area (Å²) in [7, 11) is 0. The molecule has 3 fully saturated rings. The Morgan fingerprint density at radius 1 is 0.870 bits per heavy atom. The first-order valence-corrected chi connectivity index (χ1v) is 14.9. The summed E-state index contributed by atoms with van der Waals surface area (Å²) in [5.41, 5.74) is -1.79. The second kappa shape index (κ2) is 13.2. The molecular formula is C30H34N4O12. The molecule has 1 unspecified atom stereocenters. The van der Waals surface area contributed by atoms with Gasteiger partial charge >= 0.3 is 17.3 Å². The number of aliphatic hydroxyl groups excluding tert-OH is 1. The summed E-state index contributed by atoms with van der Waals surface area (Å²) in [6, 6.07) is 8.78. The first-order valence-electron chi connectivity index (χ1n) is 14.9. The minimum absolute atomic E-state index is 0.127. The number of aliphatic hydroxyl groups is 1. The molecule has 16 nitrogen and oxygen atoms in total. The van der Waals surface area contributed by atoms with Crippen LogP contribution in [0.15, 0.2) is 61.9 Å². The molecule has 0 radical (unpaired) electrons. The fraction of sp³-hybridized carbons (Fsp3) is 0.500. The van der Waals surface area contributed by atoms with E-state index < -0.39 is 84.3 Å². The van der Waals surface area contributed by atoms with Gasteiger partial charge in [-0.25, -0.2) is 14.4 Å². The predicted molar refractivity (Wildman–Crippen MR) is 156 cm³/mol. The van der Waals surface area contributed by atoms with E-state index in [4.69, 9.17) is 28.4 Å². The maximum Gasteiger partial charge on any atom is 0.344 e. The van der Waals surface area contributed by atoms with Crippen molar-refractivity contribution in [2.24, 2.45) is 0 Å². The van der Waals surface area contributed by atoms with E-state index in [1.807, 2.05) is 6.07 Å². The summed E-state index contributed by atoms with van der Waals surface area (Å²) < 4.78 is 38.0. The summed E-state index contributed by atoms with van der Waals surface area (Å²) in [5, 5.41) is 9.93. The zero-order valence-corrected chi connectivity index (χ0v) is 25.0. The van der Waals surface area contributed by atoms with Crippen LogP contribution in [0.3, 0.4) is 0 Å². The van der Waals surface area contributed by atoms with Crippen LogP contribution in [-0.4, -0.2) is 80.2 Å². The van der Waals surface area contributed by atoms with E-state index in [1.54, 1.807) is 38.1 Å². The summed E-state index contributed by atoms with van der Waals surface area (Å²) in [6.45, 7) is 2.37. The maximum atomic E-state index is 12.8. The molecule has 3 saturated heterocycles. The van der Waals surface area contributed by atoms with Crippen molar-refractivity contribution in [1.29, 1.82) is 0 Å². The number of esters is 1. The minimum Gasteiger partial charge on any atom is -0.482 e. The quantitative estimate of drug-likeness (QED) is 0.246. The van der Waals surface area contributed by atoms with E-state index >= 15 is 0 Å². The number of nitrogens with one attached hydrogen (secondary N) is 2. The SMILES string of the molecule is Cc1cn([C@@H]2O[C@H](CO)[C@H]3OC(CC[C@H]4O[C@@H](n5cc(C)c(=O)[nH]c5=O)C[C@@H]4OC(=O)COc4ccccc4)O[C@H]32)c(=O)[nH]c1=O. The molecule has 246 valence electrons. The van der Waals surface area contributed by atoms with E-state index in [9.17, 15) is 29.1 Å². The first kappa shape index (κ1) is 31.6. The van der Waals surface area contributed by atoms with Crippen LogP contribution in [0.5, 0.6) is 5.75 Å². The molecule has 5 heterocycles. The average molecular weight is 643 g/mol. The molecule has 2 aromatic heterocycles. The Hall–Kier alpha value is -4.35. The van der Waals surface area contributed by atoms with Crippen molar-refractivity contribution < 1.29 is 38.3 Å². The molecule has 3 N–H and O–H groups in total. The number of para-hydroxylation sites is 1. The molecule has 0 aliphatic carbocycles. The van der Waals surface area contributed by atoms with Crippen LogP contribution in [0, 0.1) is 13.8 Å². The Bertz CT molecular complexity index is 1800. The monoisotopic (exact) mass is 642 g/mol. The van der Waals surface area contributed by atoms with Crippen LogP contribution in [0.25, 0.3) is 0 Å². The van der Waals surface area contributed by atoms with Gasteiger partial charge in [0.15, 0.2) is 19.1 Å². The van der Waals surface area contributed by atoms with E-state index in [0.29, 0.717) is 16.9 Å². The number of nitrogens with zero attached hydrogens (tertiary/aromatic N) is 2. The van der Waals surface area contributed by atoms with Crippen LogP contribution in [0.4, 0.5) is 0 Å². The lowest BCUT2D eigenvalue weighted by Crippen LogP contribution is -2.37. The number of hydrogen-bond donors (Lipinski definition) is 3. The number of rotatable bonds is 10. The number of benzene rings is 1. The zero-order chi connectivity index (χ0) is 32.5. The topological polar surface area (TPSA) is 202 Å². The lowest BCUT2D eigenvalue weighted by Gasteiger charge is -2.23. The standard InChI is InChI=1S/C30H34N4O12/c1-15-11-33(29(39)31-26(15)37)21-10-19(43-22(36)14-41-17-6-4-3-5-7-17)18(42-21)8-9-23-45-24-20(13-35)44-28(25(24)46-23)34-12-16(2)27(38)32-30(34)40/h3-7,11-12,18-21,23-25,28,35H,8-10,13-14H2,1-2H3,(H,31,37,39)(H,32,38,40)/t18-,19+,20-,21-,23?,24-,25-,28-/m1/s1. The van der Waals surface area contributed by atoms with Crippen LogP contribution in [-0.2, 0) is 28.5 Å². The van der Waals surface area contributed by atoms with Gasteiger partial charge in [-0.15, -0.1) is 0 Å². The number of carbonyl (C=O) groups is 1. The fourth-order valence-electron chi connectivity index (χ4n) is 5.90. The van der Waals surface area contributed by atoms with Crippen molar-refractivity contribution in [3.8, 4) is 5.75 Å². The highest BCUT2D eigenvalue weighted by Crippen LogP contribution is 2.41. The van der Waals surface area contributed by atoms with Gasteiger partial charge in [-0.3, -0.25) is 28.7 Å². The number of hydrogen-bond acceptors (Lipinski definition) is 12. The van der Waals surface area contributed by atoms with Gasteiger partial charge < -0.3 is 33.5 Å². The largest absolute Gasteiger partial charge is 0.482 e. The van der Waals surface area contributed by atoms with Crippen LogP contribution in [0.1, 0.15) is 42.8 Å². The van der Waals surface area contributed by atoms with E-state index in [1.165, 1.54) is 21.5 Å². The third kappa shape index (κ3) is 6.47. The van der Waals surface area contributed by atoms with E-state index in [2.05, 4.69) is 9.97 Å². The van der Waals surface area contributed by atoms with Crippen LogP contribution < -0.4 is 27.2 Å². The number of fused-ring (bicyclic) bond motifs is 1. The summed E-state index contributed by atoms with van der Waals surface area (Å²) in [6.07, 6.45) is -2.92. The van der Waals surface area contributed by atoms with Gasteiger partial charge in [0, 0.05) is 36.4 Å². The highest BCUT2D eigenvalue weighted by molar-refractivity contribution is 5.71. The van der Waals surface area contributed by atoms with E-state index in [0.717, 1.165) is 0 Å². The highest BCUT2D eigenvalue weighted by atomic mass is 16.8. The number of aryl methyl sites for hydroxylation is 2. The Morgan fingerprint density at radius 2 is 1.52 bits per heavy atom. The molecule has 0 saturated carbocycles. The fourth-order valence-corrected chi connectivity index (χ4v) is 5.90. The predicted octanol–water partition coefficient (Wildman–Crippen LogP) is -0.238. The van der Waals surface area contributed by atoms with Crippen molar-refractivity contribution in [2.75, 3.05) is 13.2 Å². The van der Waals surface area contributed by atoms with Gasteiger partial charge in [-0.2, -0.15) is 0 Å². The third-order valence-electron chi connectivity index (χ3n) is 8.21. The number of aromatic nitrogens is 4. The highest BCUT2D eigenvalue weighted by Gasteiger charge is 2.53. The minimum atomic E-state index is -0.962. The molecule has 1 aromatic carbocycles. The molecule has 3 aliphatic rings. The number of H-pyrrole nitrogens is 2. The number of ether oxygens (including phenoxy) is 6. The Kier molecular flexibility index (Phi) is 9.06. The van der Waals surface area contributed by atoms with Crippen molar-refractivity contribution in [3.05, 3.63) is 95.5 Å². The molecule has 3 aromatic rings. The molecule has 0 spiro atoms. The molecular weight excluding hydrogens is 608 g/mol. The number of carbonyl (C=O) groups excluding carboxylic acids is 1. The normalized spacial score (nSPS) is 28.7. The van der Waals surface area contributed by atoms with Gasteiger partial charge in [-0.05, 0) is 32.4 Å². The average Bonchev–Trinajstić information content (AvgIpc) is 3.73. The van der Waals surface area contributed by atoms with Crippen molar-refractivity contribution in [1.82, 2.24) is 19.1 Å². The second-order valence-electron chi connectivity index (χ2n) is 11.4. The zero-order valence-electron chi connectivity index (χ0n) is 25.0. The van der Waals surface area contributed by atoms with Crippen molar-refractivity contribution in [2.45, 2.75) is 82.4 Å². The first-order chi connectivity index (χ1) is 22.1. The molecule has 0 amide bonds. The molecule has 0 bridgehead atoms. The van der Waals surface area contributed by atoms with Gasteiger partial charge in [0.05, 0.1) is 12.7 Å². The van der Waals surface area contributed by atoms with Crippen LogP contribution in [0.2, 0.25) is 0 Å². The molecule has 46 heavy (non-hydrogen) atoms. The van der Waals surface area contributed by atoms with Gasteiger partial charge in [0.25, 0.3) is 11.1 Å². The van der Waals surface area contributed by atoms with Crippen molar-refractivity contribution >= 4 is 5.97 Å². The number of aromatic amines is 2. The summed E-state index contributed by atoms with van der Waals surface area (Å²) in [5.74, 6) is -0.140. The molecule has 6 rings (SSSR count). The smallest absolute Gasteiger partial charge is 0.344 e. The van der Waals surface area contributed by atoms with Crippen molar-refractivity contribution in [3.63, 3.8) is 0 Å².